The molecule has 2 atom stereocenters. The Balaban J connectivity index is 2.11. The Morgan fingerprint density at radius 2 is 1.94 bits per heavy atom. The second-order valence-electron chi connectivity index (χ2n) is 4.90. The Bertz CT molecular complexity index is 375. The fourth-order valence-electron chi connectivity index (χ4n) is 2.64. The van der Waals surface area contributed by atoms with Crippen LogP contribution < -0.4 is 4.74 Å². The lowest BCUT2D eigenvalue weighted by molar-refractivity contribution is -0.0208. The smallest absolute Gasteiger partial charge is 0.123 e. The molecule has 0 amide bonds. The van der Waals surface area contributed by atoms with Crippen LogP contribution in [0.25, 0.3) is 0 Å². The monoisotopic (exact) mass is 249 g/mol. The maximum absolute atomic E-state index is 10.6. The van der Waals surface area contributed by atoms with Crippen molar-refractivity contribution in [3.63, 3.8) is 0 Å². The predicted molar refractivity (Wildman–Crippen MR) is 72.8 cm³/mol. The third-order valence-electron chi connectivity index (χ3n) is 3.49. The second kappa shape index (κ2) is 6.21. The number of ether oxygens (including phenoxy) is 1. The van der Waals surface area contributed by atoms with Crippen LogP contribution in [0.3, 0.4) is 0 Å². The SMILES string of the molecule is CCCN(CCC)C(O)C1COc2ccccc21. The van der Waals surface area contributed by atoms with Crippen LogP contribution >= 0.6 is 0 Å². The summed E-state index contributed by atoms with van der Waals surface area (Å²) in [6.45, 7) is 6.76. The largest absolute Gasteiger partial charge is 0.492 e. The molecule has 100 valence electrons. The van der Waals surface area contributed by atoms with Crippen molar-refractivity contribution in [2.24, 2.45) is 0 Å². The van der Waals surface area contributed by atoms with Crippen molar-refractivity contribution in [3.8, 4) is 5.75 Å². The van der Waals surface area contributed by atoms with Crippen molar-refractivity contribution >= 4 is 0 Å². The highest BCUT2D eigenvalue weighted by atomic mass is 16.5. The minimum Gasteiger partial charge on any atom is -0.492 e. The summed E-state index contributed by atoms with van der Waals surface area (Å²) in [7, 11) is 0. The van der Waals surface area contributed by atoms with Gasteiger partial charge in [0.15, 0.2) is 0 Å². The van der Waals surface area contributed by atoms with E-state index >= 15 is 0 Å². The third kappa shape index (κ3) is 2.68. The van der Waals surface area contributed by atoms with Crippen molar-refractivity contribution in [2.45, 2.75) is 38.8 Å². The van der Waals surface area contributed by atoms with Gasteiger partial charge in [-0.3, -0.25) is 4.90 Å². The van der Waals surface area contributed by atoms with E-state index in [1.54, 1.807) is 0 Å². The number of fused-ring (bicyclic) bond motifs is 1. The Morgan fingerprint density at radius 3 is 2.61 bits per heavy atom. The van der Waals surface area contributed by atoms with Gasteiger partial charge in [-0.1, -0.05) is 32.0 Å². The van der Waals surface area contributed by atoms with Gasteiger partial charge in [0, 0.05) is 18.7 Å². The van der Waals surface area contributed by atoms with E-state index < -0.39 is 6.23 Å². The van der Waals surface area contributed by atoms with Crippen LogP contribution in [-0.2, 0) is 0 Å². The standard InChI is InChI=1S/C15H23NO2/c1-3-9-16(10-4-2)15(17)13-11-18-14-8-6-5-7-12(13)14/h5-8,13,15,17H,3-4,9-11H2,1-2H3. The molecule has 0 aliphatic carbocycles. The maximum atomic E-state index is 10.6. The first-order valence-electron chi connectivity index (χ1n) is 6.91. The van der Waals surface area contributed by atoms with Gasteiger partial charge in [-0.15, -0.1) is 0 Å². The summed E-state index contributed by atoms with van der Waals surface area (Å²) >= 11 is 0. The summed E-state index contributed by atoms with van der Waals surface area (Å²) in [6, 6.07) is 8.03. The molecule has 1 aliphatic heterocycles. The van der Waals surface area contributed by atoms with Crippen molar-refractivity contribution in [1.82, 2.24) is 4.90 Å². The van der Waals surface area contributed by atoms with Crippen LogP contribution in [0, 0.1) is 0 Å². The molecular formula is C15H23NO2. The molecule has 2 rings (SSSR count). The van der Waals surface area contributed by atoms with Crippen LogP contribution in [0.15, 0.2) is 24.3 Å². The van der Waals surface area contributed by atoms with E-state index in [1.165, 1.54) is 0 Å². The molecule has 18 heavy (non-hydrogen) atoms. The van der Waals surface area contributed by atoms with Gasteiger partial charge in [0.05, 0.1) is 12.5 Å². The van der Waals surface area contributed by atoms with Gasteiger partial charge in [-0.2, -0.15) is 0 Å². The summed E-state index contributed by atoms with van der Waals surface area (Å²) in [5, 5.41) is 10.6. The fraction of sp³-hybridized carbons (Fsp3) is 0.600. The minimum atomic E-state index is -0.437. The van der Waals surface area contributed by atoms with Gasteiger partial charge in [-0.05, 0) is 18.9 Å². The Morgan fingerprint density at radius 1 is 1.28 bits per heavy atom. The quantitative estimate of drug-likeness (QED) is 0.787. The number of aliphatic hydroxyl groups is 1. The zero-order valence-corrected chi connectivity index (χ0v) is 11.3. The number of hydrogen-bond donors (Lipinski definition) is 1. The summed E-state index contributed by atoms with van der Waals surface area (Å²) < 4.78 is 5.65. The Hall–Kier alpha value is -1.06. The lowest BCUT2D eigenvalue weighted by atomic mass is 9.98. The molecular weight excluding hydrogens is 226 g/mol. The van der Waals surface area contributed by atoms with Crippen LogP contribution in [-0.4, -0.2) is 35.9 Å². The first-order chi connectivity index (χ1) is 8.77. The maximum Gasteiger partial charge on any atom is 0.123 e. The minimum absolute atomic E-state index is 0.0827. The highest BCUT2D eigenvalue weighted by Crippen LogP contribution is 2.36. The molecule has 1 N–H and O–H groups in total. The van der Waals surface area contributed by atoms with E-state index in [9.17, 15) is 5.11 Å². The highest BCUT2D eigenvalue weighted by molar-refractivity contribution is 5.40. The van der Waals surface area contributed by atoms with Crippen LogP contribution in [0.2, 0.25) is 0 Å². The summed E-state index contributed by atoms with van der Waals surface area (Å²) in [6.07, 6.45) is 1.69. The van der Waals surface area contributed by atoms with Gasteiger partial charge < -0.3 is 9.84 Å². The van der Waals surface area contributed by atoms with E-state index in [1.807, 2.05) is 18.2 Å². The molecule has 1 aliphatic rings. The Labute approximate surface area is 109 Å². The molecule has 0 saturated carbocycles. The second-order valence-corrected chi connectivity index (χ2v) is 4.90. The molecule has 0 spiro atoms. The summed E-state index contributed by atoms with van der Waals surface area (Å²) in [5.74, 6) is 1.01. The molecule has 0 saturated heterocycles. The van der Waals surface area contributed by atoms with Crippen LogP contribution in [0.5, 0.6) is 5.75 Å². The van der Waals surface area contributed by atoms with Crippen LogP contribution in [0.4, 0.5) is 0 Å². The van der Waals surface area contributed by atoms with E-state index in [0.717, 1.165) is 37.2 Å². The van der Waals surface area contributed by atoms with E-state index in [-0.39, 0.29) is 5.92 Å². The molecule has 0 aromatic heterocycles. The first kappa shape index (κ1) is 13.4. The van der Waals surface area contributed by atoms with Gasteiger partial charge in [0.25, 0.3) is 0 Å². The zero-order chi connectivity index (χ0) is 13.0. The third-order valence-corrected chi connectivity index (χ3v) is 3.49. The average Bonchev–Trinajstić information content (AvgIpc) is 2.81. The topological polar surface area (TPSA) is 32.7 Å². The summed E-state index contributed by atoms with van der Waals surface area (Å²) in [4.78, 5) is 2.16. The molecule has 1 heterocycles. The molecule has 0 bridgehead atoms. The van der Waals surface area contributed by atoms with Crippen molar-refractivity contribution in [3.05, 3.63) is 29.8 Å². The Kier molecular flexibility index (Phi) is 4.61. The molecule has 2 unspecified atom stereocenters. The number of aliphatic hydroxyl groups excluding tert-OH is 1. The number of rotatable bonds is 6. The van der Waals surface area contributed by atoms with Gasteiger partial charge >= 0.3 is 0 Å². The van der Waals surface area contributed by atoms with Gasteiger partial charge in [-0.25, -0.2) is 0 Å². The molecule has 0 fully saturated rings. The fourth-order valence-corrected chi connectivity index (χ4v) is 2.64. The molecule has 1 aromatic rings. The highest BCUT2D eigenvalue weighted by Gasteiger charge is 2.32. The molecule has 0 radical (unpaired) electrons. The number of hydrogen-bond acceptors (Lipinski definition) is 3. The van der Waals surface area contributed by atoms with Gasteiger partial charge in [0.2, 0.25) is 0 Å². The van der Waals surface area contributed by atoms with Gasteiger partial charge in [0.1, 0.15) is 12.0 Å². The predicted octanol–water partition coefficient (Wildman–Crippen LogP) is 2.60. The van der Waals surface area contributed by atoms with Crippen molar-refractivity contribution in [2.75, 3.05) is 19.7 Å². The van der Waals surface area contributed by atoms with E-state index in [0.29, 0.717) is 6.61 Å². The lowest BCUT2D eigenvalue weighted by Crippen LogP contribution is -2.41. The van der Waals surface area contributed by atoms with Crippen molar-refractivity contribution in [1.29, 1.82) is 0 Å². The number of nitrogens with zero attached hydrogens (tertiary/aromatic N) is 1. The lowest BCUT2D eigenvalue weighted by Gasteiger charge is -2.30. The molecule has 3 heteroatoms. The normalized spacial score (nSPS) is 19.7. The average molecular weight is 249 g/mol. The zero-order valence-electron chi connectivity index (χ0n) is 11.3. The molecule has 3 nitrogen and oxygen atoms in total. The van der Waals surface area contributed by atoms with E-state index in [2.05, 4.69) is 24.8 Å². The molecule has 1 aromatic carbocycles. The van der Waals surface area contributed by atoms with Crippen molar-refractivity contribution < 1.29 is 9.84 Å². The van der Waals surface area contributed by atoms with Crippen LogP contribution in [0.1, 0.15) is 38.2 Å². The first-order valence-corrected chi connectivity index (χ1v) is 6.91. The number of para-hydroxylation sites is 1. The van der Waals surface area contributed by atoms with E-state index in [4.69, 9.17) is 4.74 Å². The summed E-state index contributed by atoms with van der Waals surface area (Å²) in [5.41, 5.74) is 1.14. The number of benzene rings is 1.